The van der Waals surface area contributed by atoms with Crippen molar-refractivity contribution in [2.75, 3.05) is 10.7 Å². The van der Waals surface area contributed by atoms with Crippen molar-refractivity contribution >= 4 is 17.3 Å². The Labute approximate surface area is 119 Å². The van der Waals surface area contributed by atoms with Gasteiger partial charge in [0.15, 0.2) is 0 Å². The summed E-state index contributed by atoms with van der Waals surface area (Å²) < 4.78 is 0. The average molecular weight is 285 g/mol. The molecule has 0 fully saturated rings. The molecule has 0 aliphatic carbocycles. The van der Waals surface area contributed by atoms with Gasteiger partial charge < -0.3 is 10.7 Å². The molecule has 2 aromatic rings. The van der Waals surface area contributed by atoms with Gasteiger partial charge in [0.05, 0.1) is 16.6 Å². The van der Waals surface area contributed by atoms with Gasteiger partial charge in [0.25, 0.3) is 0 Å². The van der Waals surface area contributed by atoms with Crippen molar-refractivity contribution in [1.82, 2.24) is 9.97 Å². The monoisotopic (exact) mass is 285 g/mol. The maximum absolute atomic E-state index is 11.1. The van der Waals surface area contributed by atoms with E-state index in [0.29, 0.717) is 12.1 Å². The quantitative estimate of drug-likeness (QED) is 0.421. The molecule has 1 aromatic heterocycles. The Hall–Kier alpha value is -3.25. The standard InChI is InChI=1S/C12H11N7O2/c13-5-8-1-3-9(4-2-8)6-15-11-10(19(20)21)12(18-14)17-7-16-11/h1-4,7H,6,14H2,(H2,15,16,17,18). The van der Waals surface area contributed by atoms with Crippen molar-refractivity contribution in [2.24, 2.45) is 5.84 Å². The molecule has 0 radical (unpaired) electrons. The van der Waals surface area contributed by atoms with Gasteiger partial charge in [-0.05, 0) is 17.7 Å². The third kappa shape index (κ3) is 3.20. The van der Waals surface area contributed by atoms with Crippen molar-refractivity contribution in [3.8, 4) is 6.07 Å². The Morgan fingerprint density at radius 1 is 1.29 bits per heavy atom. The number of hydrogen-bond donors (Lipinski definition) is 3. The first-order valence-electron chi connectivity index (χ1n) is 5.84. The highest BCUT2D eigenvalue weighted by Gasteiger charge is 2.22. The van der Waals surface area contributed by atoms with Crippen molar-refractivity contribution in [3.63, 3.8) is 0 Å². The van der Waals surface area contributed by atoms with Gasteiger partial charge in [0.2, 0.25) is 11.6 Å². The highest BCUT2D eigenvalue weighted by molar-refractivity contribution is 5.68. The van der Waals surface area contributed by atoms with Crippen molar-refractivity contribution in [3.05, 3.63) is 51.8 Å². The molecular weight excluding hydrogens is 274 g/mol. The number of nitriles is 1. The van der Waals surface area contributed by atoms with E-state index in [9.17, 15) is 10.1 Å². The van der Waals surface area contributed by atoms with E-state index in [0.717, 1.165) is 5.56 Å². The van der Waals surface area contributed by atoms with Gasteiger partial charge in [-0.15, -0.1) is 0 Å². The lowest BCUT2D eigenvalue weighted by Gasteiger charge is -2.08. The highest BCUT2D eigenvalue weighted by atomic mass is 16.6. The van der Waals surface area contributed by atoms with E-state index < -0.39 is 4.92 Å². The third-order valence-corrected chi connectivity index (χ3v) is 2.68. The van der Waals surface area contributed by atoms with E-state index in [1.807, 2.05) is 6.07 Å². The summed E-state index contributed by atoms with van der Waals surface area (Å²) in [5, 5.41) is 22.6. The van der Waals surface area contributed by atoms with Gasteiger partial charge in [-0.2, -0.15) is 5.26 Å². The molecule has 0 saturated heterocycles. The fraction of sp³-hybridized carbons (Fsp3) is 0.0833. The van der Waals surface area contributed by atoms with E-state index in [1.165, 1.54) is 6.33 Å². The summed E-state index contributed by atoms with van der Waals surface area (Å²) in [6, 6.07) is 8.85. The van der Waals surface area contributed by atoms with Crippen LogP contribution in [-0.4, -0.2) is 14.9 Å². The average Bonchev–Trinajstić information content (AvgIpc) is 2.52. The summed E-state index contributed by atoms with van der Waals surface area (Å²) in [5.41, 5.74) is 3.23. The van der Waals surface area contributed by atoms with Crippen LogP contribution >= 0.6 is 0 Å². The molecule has 4 N–H and O–H groups in total. The Balaban J connectivity index is 2.19. The zero-order chi connectivity index (χ0) is 15.2. The first-order chi connectivity index (χ1) is 10.2. The van der Waals surface area contributed by atoms with Crippen molar-refractivity contribution < 1.29 is 4.92 Å². The second kappa shape index (κ2) is 6.27. The topological polar surface area (TPSA) is 143 Å². The second-order valence-corrected chi connectivity index (χ2v) is 3.98. The number of nitrogens with zero attached hydrogens (tertiary/aromatic N) is 4. The van der Waals surface area contributed by atoms with Crippen molar-refractivity contribution in [1.29, 1.82) is 5.26 Å². The molecule has 1 heterocycles. The minimum atomic E-state index is -0.615. The van der Waals surface area contributed by atoms with Crippen LogP contribution in [0.2, 0.25) is 0 Å². The lowest BCUT2D eigenvalue weighted by Crippen LogP contribution is -2.13. The zero-order valence-corrected chi connectivity index (χ0v) is 10.8. The molecule has 21 heavy (non-hydrogen) atoms. The predicted octanol–water partition coefficient (Wildman–Crippen LogP) is 1.15. The Bertz CT molecular complexity index is 694. The zero-order valence-electron chi connectivity index (χ0n) is 10.8. The van der Waals surface area contributed by atoms with Crippen LogP contribution in [0.1, 0.15) is 11.1 Å². The van der Waals surface area contributed by atoms with Crippen LogP contribution in [-0.2, 0) is 6.54 Å². The summed E-state index contributed by atoms with van der Waals surface area (Å²) in [4.78, 5) is 18.0. The number of hydrazine groups is 1. The number of hydrogen-bond acceptors (Lipinski definition) is 8. The molecule has 2 rings (SSSR count). The van der Waals surface area contributed by atoms with Crippen LogP contribution < -0.4 is 16.6 Å². The number of aromatic nitrogens is 2. The maximum atomic E-state index is 11.1. The second-order valence-electron chi connectivity index (χ2n) is 3.98. The number of rotatable bonds is 5. The van der Waals surface area contributed by atoms with Crippen LogP contribution in [0, 0.1) is 21.4 Å². The van der Waals surface area contributed by atoms with Gasteiger partial charge in [-0.3, -0.25) is 10.1 Å². The van der Waals surface area contributed by atoms with Gasteiger partial charge in [-0.25, -0.2) is 15.8 Å². The fourth-order valence-electron chi connectivity index (χ4n) is 1.67. The lowest BCUT2D eigenvalue weighted by atomic mass is 10.1. The molecule has 0 saturated carbocycles. The Morgan fingerprint density at radius 2 is 1.95 bits per heavy atom. The van der Waals surface area contributed by atoms with Crippen LogP contribution in [0.25, 0.3) is 0 Å². The molecule has 0 aliphatic rings. The lowest BCUT2D eigenvalue weighted by molar-refractivity contribution is -0.383. The molecule has 0 amide bonds. The minimum Gasteiger partial charge on any atom is -0.360 e. The number of nitrogens with one attached hydrogen (secondary N) is 2. The summed E-state index contributed by atoms with van der Waals surface area (Å²) in [6.07, 6.45) is 1.17. The van der Waals surface area contributed by atoms with E-state index >= 15 is 0 Å². The largest absolute Gasteiger partial charge is 0.360 e. The predicted molar refractivity (Wildman–Crippen MR) is 75.0 cm³/mol. The van der Waals surface area contributed by atoms with Gasteiger partial charge >= 0.3 is 5.69 Å². The Kier molecular flexibility index (Phi) is 4.23. The smallest absolute Gasteiger partial charge is 0.354 e. The Morgan fingerprint density at radius 3 is 2.52 bits per heavy atom. The fourth-order valence-corrected chi connectivity index (χ4v) is 1.67. The number of anilines is 2. The van der Waals surface area contributed by atoms with Crippen LogP contribution in [0.15, 0.2) is 30.6 Å². The summed E-state index contributed by atoms with van der Waals surface area (Å²) >= 11 is 0. The van der Waals surface area contributed by atoms with E-state index in [2.05, 4.69) is 20.7 Å². The first kappa shape index (κ1) is 14.2. The van der Waals surface area contributed by atoms with Gasteiger partial charge in [0.1, 0.15) is 6.33 Å². The minimum absolute atomic E-state index is 0.0623. The number of benzene rings is 1. The van der Waals surface area contributed by atoms with Crippen molar-refractivity contribution in [2.45, 2.75) is 6.54 Å². The highest BCUT2D eigenvalue weighted by Crippen LogP contribution is 2.28. The molecule has 106 valence electrons. The molecule has 9 nitrogen and oxygen atoms in total. The molecule has 0 aliphatic heterocycles. The molecule has 0 unspecified atom stereocenters. The van der Waals surface area contributed by atoms with Gasteiger partial charge in [-0.1, -0.05) is 12.1 Å². The SMILES string of the molecule is N#Cc1ccc(CNc2ncnc(NN)c2[N+](=O)[O-])cc1. The molecule has 1 aromatic carbocycles. The van der Waals surface area contributed by atoms with Gasteiger partial charge in [0, 0.05) is 6.54 Å². The van der Waals surface area contributed by atoms with E-state index in [-0.39, 0.29) is 17.3 Å². The van der Waals surface area contributed by atoms with Crippen LogP contribution in [0.4, 0.5) is 17.3 Å². The van der Waals surface area contributed by atoms with Crippen LogP contribution in [0.5, 0.6) is 0 Å². The van der Waals surface area contributed by atoms with E-state index in [1.54, 1.807) is 24.3 Å². The third-order valence-electron chi connectivity index (χ3n) is 2.68. The summed E-state index contributed by atoms with van der Waals surface area (Å²) in [7, 11) is 0. The van der Waals surface area contributed by atoms with Crippen LogP contribution in [0.3, 0.4) is 0 Å². The summed E-state index contributed by atoms with van der Waals surface area (Å²) in [5.74, 6) is 5.18. The molecule has 0 bridgehead atoms. The molecule has 0 atom stereocenters. The number of nitrogen functional groups attached to an aromatic ring is 1. The molecule has 0 spiro atoms. The van der Waals surface area contributed by atoms with E-state index in [4.69, 9.17) is 11.1 Å². The number of nitrogens with two attached hydrogens (primary N) is 1. The molecule has 9 heteroatoms. The maximum Gasteiger partial charge on any atom is 0.354 e. The molecular formula is C12H11N7O2. The summed E-state index contributed by atoms with van der Waals surface area (Å²) in [6.45, 7) is 0.313. The number of nitro groups is 1. The first-order valence-corrected chi connectivity index (χ1v) is 5.84. The normalized spacial score (nSPS) is 9.71.